The van der Waals surface area contributed by atoms with Crippen LogP contribution in [0.1, 0.15) is 0 Å². The largest absolute Gasteiger partial charge is 0.312 e. The topological polar surface area (TPSA) is 35.6 Å². The van der Waals surface area contributed by atoms with Crippen molar-refractivity contribution in [2.75, 3.05) is 0 Å². The summed E-state index contributed by atoms with van der Waals surface area (Å²) in [5, 5.41) is 4.89. The van der Waals surface area contributed by atoms with E-state index >= 15 is 0 Å². The third kappa shape index (κ3) is 2.23. The Bertz CT molecular complexity index is 1340. The van der Waals surface area contributed by atoms with E-state index in [9.17, 15) is 0 Å². The van der Waals surface area contributed by atoms with Crippen molar-refractivity contribution in [1.29, 1.82) is 0 Å². The van der Waals surface area contributed by atoms with E-state index in [2.05, 4.69) is 91.9 Å². The number of nitrogens with zero attached hydrogens (tertiary/aromatic N) is 4. The number of fused-ring (bicyclic) bond motifs is 4. The maximum absolute atomic E-state index is 4.61. The number of hydrogen-bond donors (Lipinski definition) is 0. The van der Waals surface area contributed by atoms with Gasteiger partial charge in [-0.2, -0.15) is 0 Å². The maximum atomic E-state index is 4.61. The van der Waals surface area contributed by atoms with Gasteiger partial charge in [0.05, 0.1) is 34.7 Å². The second-order valence-electron chi connectivity index (χ2n) is 6.95. The Hall–Kier alpha value is -3.66. The first-order chi connectivity index (χ1) is 13.3. The SMILES string of the molecule is c1ccc2cc3c(cc2c1)ncn3Cn1cnc2cc3ccccc3cc21. The molecule has 0 atom stereocenters. The van der Waals surface area contributed by atoms with Crippen LogP contribution in [-0.2, 0) is 6.67 Å². The summed E-state index contributed by atoms with van der Waals surface area (Å²) in [6.45, 7) is 0.684. The van der Waals surface area contributed by atoms with Crippen LogP contribution in [0.25, 0.3) is 43.6 Å². The zero-order valence-corrected chi connectivity index (χ0v) is 14.6. The molecule has 4 heteroatoms. The van der Waals surface area contributed by atoms with Gasteiger partial charge in [0.15, 0.2) is 0 Å². The molecule has 4 nitrogen and oxygen atoms in total. The van der Waals surface area contributed by atoms with Gasteiger partial charge in [0.1, 0.15) is 6.67 Å². The molecule has 6 rings (SSSR count). The Morgan fingerprint density at radius 2 is 0.963 bits per heavy atom. The first kappa shape index (κ1) is 14.5. The smallest absolute Gasteiger partial charge is 0.102 e. The molecule has 0 aliphatic rings. The third-order valence-electron chi connectivity index (χ3n) is 5.28. The van der Waals surface area contributed by atoms with Gasteiger partial charge in [-0.15, -0.1) is 0 Å². The highest BCUT2D eigenvalue weighted by atomic mass is 15.2. The molecule has 2 aromatic heterocycles. The Balaban J connectivity index is 1.50. The van der Waals surface area contributed by atoms with E-state index in [0.29, 0.717) is 6.67 Å². The molecule has 27 heavy (non-hydrogen) atoms. The van der Waals surface area contributed by atoms with Crippen molar-refractivity contribution in [2.24, 2.45) is 0 Å². The summed E-state index contributed by atoms with van der Waals surface area (Å²) in [5.41, 5.74) is 4.31. The van der Waals surface area contributed by atoms with E-state index < -0.39 is 0 Å². The summed E-state index contributed by atoms with van der Waals surface area (Å²) in [7, 11) is 0. The minimum atomic E-state index is 0.684. The van der Waals surface area contributed by atoms with Gasteiger partial charge < -0.3 is 9.13 Å². The molecular formula is C23H16N4. The van der Waals surface area contributed by atoms with Crippen molar-refractivity contribution in [2.45, 2.75) is 6.67 Å². The van der Waals surface area contributed by atoms with Crippen LogP contribution in [0, 0.1) is 0 Å². The van der Waals surface area contributed by atoms with Crippen molar-refractivity contribution < 1.29 is 0 Å². The molecular weight excluding hydrogens is 332 g/mol. The molecule has 128 valence electrons. The quantitative estimate of drug-likeness (QED) is 0.431. The molecule has 0 saturated carbocycles. The summed E-state index contributed by atoms with van der Waals surface area (Å²) in [6.07, 6.45) is 3.83. The number of benzene rings is 4. The van der Waals surface area contributed by atoms with Gasteiger partial charge in [-0.25, -0.2) is 9.97 Å². The van der Waals surface area contributed by atoms with Crippen molar-refractivity contribution in [3.63, 3.8) is 0 Å². The fourth-order valence-corrected chi connectivity index (χ4v) is 3.88. The highest BCUT2D eigenvalue weighted by Gasteiger charge is 2.08. The molecule has 0 fully saturated rings. The van der Waals surface area contributed by atoms with Gasteiger partial charge in [0.25, 0.3) is 0 Å². The zero-order valence-electron chi connectivity index (χ0n) is 14.6. The lowest BCUT2D eigenvalue weighted by molar-refractivity contribution is 0.637. The summed E-state index contributed by atoms with van der Waals surface area (Å²) < 4.78 is 4.36. The van der Waals surface area contributed by atoms with Gasteiger partial charge in [0, 0.05) is 0 Å². The summed E-state index contributed by atoms with van der Waals surface area (Å²) in [5.74, 6) is 0. The second kappa shape index (κ2) is 5.42. The highest BCUT2D eigenvalue weighted by molar-refractivity contribution is 5.96. The van der Waals surface area contributed by atoms with Crippen LogP contribution in [0.3, 0.4) is 0 Å². The van der Waals surface area contributed by atoms with E-state index in [1.807, 2.05) is 12.7 Å². The average Bonchev–Trinajstić information content (AvgIpc) is 3.28. The molecule has 4 aromatic carbocycles. The molecule has 0 N–H and O–H groups in total. The number of rotatable bonds is 2. The molecule has 0 unspecified atom stereocenters. The van der Waals surface area contributed by atoms with Gasteiger partial charge in [-0.3, -0.25) is 0 Å². The standard InChI is InChI=1S/C23H16N4/c1-3-7-18-11-22-20(9-16(18)5-1)24-13-26(22)15-27-14-25-21-10-17-6-2-4-8-19(17)12-23(21)27/h1-14H,15H2. The average molecular weight is 348 g/mol. The van der Waals surface area contributed by atoms with Gasteiger partial charge in [-0.05, 0) is 45.8 Å². The molecule has 0 spiro atoms. The summed E-state index contributed by atoms with van der Waals surface area (Å²) in [6, 6.07) is 25.5. The Labute approximate surface area is 155 Å². The lowest BCUT2D eigenvalue weighted by atomic mass is 10.1. The van der Waals surface area contributed by atoms with Crippen LogP contribution in [0.15, 0.2) is 85.5 Å². The molecule has 0 radical (unpaired) electrons. The molecule has 6 aromatic rings. The van der Waals surface area contributed by atoms with E-state index in [4.69, 9.17) is 0 Å². The summed E-state index contributed by atoms with van der Waals surface area (Å²) in [4.78, 5) is 9.22. The van der Waals surface area contributed by atoms with Crippen LogP contribution >= 0.6 is 0 Å². The third-order valence-corrected chi connectivity index (χ3v) is 5.28. The van der Waals surface area contributed by atoms with Crippen LogP contribution in [0.4, 0.5) is 0 Å². The molecule has 0 aliphatic carbocycles. The lowest BCUT2D eigenvalue weighted by Crippen LogP contribution is -2.05. The molecule has 0 aliphatic heterocycles. The second-order valence-corrected chi connectivity index (χ2v) is 6.95. The van der Waals surface area contributed by atoms with E-state index in [1.165, 1.54) is 21.5 Å². The van der Waals surface area contributed by atoms with Gasteiger partial charge >= 0.3 is 0 Å². The maximum Gasteiger partial charge on any atom is 0.102 e. The summed E-state index contributed by atoms with van der Waals surface area (Å²) >= 11 is 0. The van der Waals surface area contributed by atoms with Gasteiger partial charge in [-0.1, -0.05) is 48.5 Å². The van der Waals surface area contributed by atoms with Crippen molar-refractivity contribution in [3.8, 4) is 0 Å². The van der Waals surface area contributed by atoms with Crippen LogP contribution in [0.5, 0.6) is 0 Å². The minimum Gasteiger partial charge on any atom is -0.312 e. The first-order valence-electron chi connectivity index (χ1n) is 9.02. The Morgan fingerprint density at radius 1 is 0.556 bits per heavy atom. The predicted molar refractivity (Wildman–Crippen MR) is 110 cm³/mol. The predicted octanol–water partition coefficient (Wildman–Crippen LogP) is 5.20. The van der Waals surface area contributed by atoms with Crippen molar-refractivity contribution in [3.05, 3.63) is 85.5 Å². The molecule has 0 saturated heterocycles. The molecule has 0 bridgehead atoms. The highest BCUT2D eigenvalue weighted by Crippen LogP contribution is 2.24. The van der Waals surface area contributed by atoms with Gasteiger partial charge in [0.2, 0.25) is 0 Å². The van der Waals surface area contributed by atoms with E-state index in [1.54, 1.807) is 0 Å². The number of hydrogen-bond acceptors (Lipinski definition) is 2. The fourth-order valence-electron chi connectivity index (χ4n) is 3.88. The number of imidazole rings is 2. The molecule has 2 heterocycles. The van der Waals surface area contributed by atoms with Crippen LogP contribution in [0.2, 0.25) is 0 Å². The zero-order chi connectivity index (χ0) is 17.8. The normalized spacial score (nSPS) is 11.9. The first-order valence-corrected chi connectivity index (χ1v) is 9.02. The fraction of sp³-hybridized carbons (Fsp3) is 0.0435. The monoisotopic (exact) mass is 348 g/mol. The van der Waals surface area contributed by atoms with Crippen molar-refractivity contribution >= 4 is 43.6 Å². The Kier molecular flexibility index (Phi) is 2.91. The van der Waals surface area contributed by atoms with Crippen LogP contribution in [-0.4, -0.2) is 19.1 Å². The van der Waals surface area contributed by atoms with Crippen LogP contribution < -0.4 is 0 Å². The van der Waals surface area contributed by atoms with Crippen molar-refractivity contribution in [1.82, 2.24) is 19.1 Å². The van der Waals surface area contributed by atoms with E-state index in [0.717, 1.165) is 22.1 Å². The lowest BCUT2D eigenvalue weighted by Gasteiger charge is -2.08. The van der Waals surface area contributed by atoms with E-state index in [-0.39, 0.29) is 0 Å². The molecule has 0 amide bonds. The Morgan fingerprint density at radius 3 is 1.41 bits per heavy atom. The minimum absolute atomic E-state index is 0.684. The number of aromatic nitrogens is 4.